The summed E-state index contributed by atoms with van der Waals surface area (Å²) in [6.07, 6.45) is 0. The zero-order valence-electron chi connectivity index (χ0n) is 12.1. The average Bonchev–Trinajstić information content (AvgIpc) is 2.99. The van der Waals surface area contributed by atoms with E-state index in [2.05, 4.69) is 15.5 Å². The van der Waals surface area contributed by atoms with Crippen LogP contribution in [0.25, 0.3) is 5.69 Å². The lowest BCUT2D eigenvalue weighted by Gasteiger charge is -2.11. The van der Waals surface area contributed by atoms with E-state index in [9.17, 15) is 10.2 Å². The van der Waals surface area contributed by atoms with Crippen molar-refractivity contribution in [2.24, 2.45) is 0 Å². The average molecular weight is 314 g/mol. The summed E-state index contributed by atoms with van der Waals surface area (Å²) < 4.78 is 1.59. The van der Waals surface area contributed by atoms with Crippen molar-refractivity contribution in [3.63, 3.8) is 0 Å². The summed E-state index contributed by atoms with van der Waals surface area (Å²) >= 11 is 1.21. The van der Waals surface area contributed by atoms with Crippen LogP contribution in [0.3, 0.4) is 0 Å². The molecule has 0 bridgehead atoms. The fourth-order valence-electron chi connectivity index (χ4n) is 2.04. The van der Waals surface area contributed by atoms with Crippen molar-refractivity contribution in [1.82, 2.24) is 20.2 Å². The zero-order chi connectivity index (χ0) is 15.7. The van der Waals surface area contributed by atoms with Gasteiger partial charge in [-0.3, -0.25) is 0 Å². The van der Waals surface area contributed by atoms with Gasteiger partial charge in [0.2, 0.25) is 5.16 Å². The first-order chi connectivity index (χ1) is 10.6. The maximum Gasteiger partial charge on any atom is 0.219 e. The molecule has 3 aromatic rings. The third-order valence-electron chi connectivity index (χ3n) is 3.30. The van der Waals surface area contributed by atoms with E-state index in [1.54, 1.807) is 18.5 Å². The van der Waals surface area contributed by atoms with Gasteiger partial charge in [0.1, 0.15) is 11.5 Å². The molecule has 0 saturated heterocycles. The van der Waals surface area contributed by atoms with Crippen LogP contribution in [0, 0.1) is 13.8 Å². The fraction of sp³-hybridized carbons (Fsp3) is 0.133. The minimum absolute atomic E-state index is 0.128. The monoisotopic (exact) mass is 314 g/mol. The second-order valence-corrected chi connectivity index (χ2v) is 5.80. The third-order valence-corrected chi connectivity index (χ3v) is 4.44. The van der Waals surface area contributed by atoms with Gasteiger partial charge in [0.25, 0.3) is 0 Å². The summed E-state index contributed by atoms with van der Waals surface area (Å²) in [6.45, 7) is 3.48. The molecule has 1 aromatic heterocycles. The van der Waals surface area contributed by atoms with E-state index in [1.807, 2.05) is 30.3 Å². The molecule has 1 heterocycles. The number of benzene rings is 2. The Kier molecular flexibility index (Phi) is 3.72. The number of nitrogens with zero attached hydrogens (tertiary/aromatic N) is 4. The van der Waals surface area contributed by atoms with Crippen LogP contribution in [-0.4, -0.2) is 30.4 Å². The number of aryl methyl sites for hydroxylation is 1. The molecule has 0 spiro atoms. The molecule has 0 fully saturated rings. The molecule has 22 heavy (non-hydrogen) atoms. The Balaban J connectivity index is 2.05. The standard InChI is InChI=1S/C15H14N4O2S/c1-9-8-12(20)10(2)14(13(9)21)22-15-16-17-18-19(15)11-6-4-3-5-7-11/h3-8,20-21H,1-2H3. The maximum absolute atomic E-state index is 10.3. The molecular formula is C15H14N4O2S. The lowest BCUT2D eigenvalue weighted by atomic mass is 10.1. The number of phenols is 2. The Bertz CT molecular complexity index is 792. The molecule has 112 valence electrons. The van der Waals surface area contributed by atoms with Gasteiger partial charge in [-0.15, -0.1) is 5.10 Å². The Labute approximate surface area is 131 Å². The first-order valence-electron chi connectivity index (χ1n) is 6.61. The molecule has 0 amide bonds. The van der Waals surface area contributed by atoms with Crippen LogP contribution in [0.5, 0.6) is 11.5 Å². The molecule has 0 radical (unpaired) electrons. The third kappa shape index (κ3) is 2.50. The van der Waals surface area contributed by atoms with E-state index in [1.165, 1.54) is 17.8 Å². The van der Waals surface area contributed by atoms with Gasteiger partial charge in [0.15, 0.2) is 0 Å². The van der Waals surface area contributed by atoms with Gasteiger partial charge < -0.3 is 10.2 Å². The lowest BCUT2D eigenvalue weighted by Crippen LogP contribution is -1.98. The van der Waals surface area contributed by atoms with Gasteiger partial charge in [0.05, 0.1) is 10.6 Å². The predicted octanol–water partition coefficient (Wildman–Crippen LogP) is 2.84. The molecule has 2 N–H and O–H groups in total. The van der Waals surface area contributed by atoms with Crippen molar-refractivity contribution in [2.45, 2.75) is 23.9 Å². The highest BCUT2D eigenvalue weighted by atomic mass is 32.2. The number of rotatable bonds is 3. The van der Waals surface area contributed by atoms with E-state index >= 15 is 0 Å². The molecule has 0 unspecified atom stereocenters. The van der Waals surface area contributed by atoms with Crippen LogP contribution in [0.2, 0.25) is 0 Å². The van der Waals surface area contributed by atoms with E-state index in [-0.39, 0.29) is 11.5 Å². The van der Waals surface area contributed by atoms with Crippen molar-refractivity contribution in [3.8, 4) is 17.2 Å². The molecule has 6 nitrogen and oxygen atoms in total. The number of aromatic nitrogens is 4. The largest absolute Gasteiger partial charge is 0.508 e. The number of hydrogen-bond acceptors (Lipinski definition) is 6. The Morgan fingerprint density at radius 1 is 1.09 bits per heavy atom. The SMILES string of the molecule is Cc1cc(O)c(C)c(Sc2nnnn2-c2ccccc2)c1O. The van der Waals surface area contributed by atoms with Gasteiger partial charge in [0, 0.05) is 5.56 Å². The zero-order valence-corrected chi connectivity index (χ0v) is 12.9. The van der Waals surface area contributed by atoms with Gasteiger partial charge in [-0.05, 0) is 59.8 Å². The maximum atomic E-state index is 10.3. The molecule has 0 atom stereocenters. The second kappa shape index (κ2) is 5.69. The molecule has 7 heteroatoms. The lowest BCUT2D eigenvalue weighted by molar-refractivity contribution is 0.441. The molecule has 0 aliphatic carbocycles. The molecule has 2 aromatic carbocycles. The van der Waals surface area contributed by atoms with E-state index in [0.29, 0.717) is 21.2 Å². The molecule has 0 saturated carbocycles. The number of tetrazole rings is 1. The van der Waals surface area contributed by atoms with Crippen molar-refractivity contribution in [1.29, 1.82) is 0 Å². The first kappa shape index (κ1) is 14.4. The Hall–Kier alpha value is -2.54. The summed E-state index contributed by atoms with van der Waals surface area (Å²) in [5.41, 5.74) is 2.02. The number of hydrogen-bond donors (Lipinski definition) is 2. The summed E-state index contributed by atoms with van der Waals surface area (Å²) in [5, 5.41) is 32.4. The van der Waals surface area contributed by atoms with E-state index in [4.69, 9.17) is 0 Å². The van der Waals surface area contributed by atoms with Gasteiger partial charge in [-0.1, -0.05) is 18.2 Å². The van der Waals surface area contributed by atoms with Crippen LogP contribution < -0.4 is 0 Å². The summed E-state index contributed by atoms with van der Waals surface area (Å²) in [5.74, 6) is 0.263. The quantitative estimate of drug-likeness (QED) is 0.723. The molecule has 3 rings (SSSR count). The van der Waals surface area contributed by atoms with Gasteiger partial charge >= 0.3 is 0 Å². The van der Waals surface area contributed by atoms with Crippen molar-refractivity contribution in [2.75, 3.05) is 0 Å². The fourth-order valence-corrected chi connectivity index (χ4v) is 3.05. The predicted molar refractivity (Wildman–Crippen MR) is 82.5 cm³/mol. The molecule has 0 aliphatic heterocycles. The highest BCUT2D eigenvalue weighted by Crippen LogP contribution is 2.41. The van der Waals surface area contributed by atoms with Crippen molar-refractivity contribution < 1.29 is 10.2 Å². The van der Waals surface area contributed by atoms with E-state index in [0.717, 1.165) is 5.69 Å². The molecular weight excluding hydrogens is 300 g/mol. The van der Waals surface area contributed by atoms with Crippen molar-refractivity contribution in [3.05, 3.63) is 47.5 Å². The summed E-state index contributed by atoms with van der Waals surface area (Å²) in [6, 6.07) is 11.0. The van der Waals surface area contributed by atoms with E-state index < -0.39 is 0 Å². The first-order valence-corrected chi connectivity index (χ1v) is 7.43. The highest BCUT2D eigenvalue weighted by Gasteiger charge is 2.18. The second-order valence-electron chi connectivity index (χ2n) is 4.83. The smallest absolute Gasteiger partial charge is 0.219 e. The number of phenolic OH excluding ortho intramolecular Hbond substituents is 2. The minimum Gasteiger partial charge on any atom is -0.508 e. The Morgan fingerprint density at radius 3 is 2.55 bits per heavy atom. The summed E-state index contributed by atoms with van der Waals surface area (Å²) in [7, 11) is 0. The van der Waals surface area contributed by atoms with Gasteiger partial charge in [-0.2, -0.15) is 4.68 Å². The van der Waals surface area contributed by atoms with Gasteiger partial charge in [-0.25, -0.2) is 0 Å². The van der Waals surface area contributed by atoms with Crippen LogP contribution >= 0.6 is 11.8 Å². The Morgan fingerprint density at radius 2 is 1.82 bits per heavy atom. The summed E-state index contributed by atoms with van der Waals surface area (Å²) in [4.78, 5) is 0.546. The molecule has 0 aliphatic rings. The number of aromatic hydroxyl groups is 2. The van der Waals surface area contributed by atoms with Crippen LogP contribution in [0.4, 0.5) is 0 Å². The minimum atomic E-state index is 0.128. The normalized spacial score (nSPS) is 10.8. The van der Waals surface area contributed by atoms with Crippen molar-refractivity contribution >= 4 is 11.8 Å². The van der Waals surface area contributed by atoms with Crippen LogP contribution in [0.15, 0.2) is 46.5 Å². The van der Waals surface area contributed by atoms with Crippen LogP contribution in [0.1, 0.15) is 11.1 Å². The number of para-hydroxylation sites is 1. The topological polar surface area (TPSA) is 84.1 Å². The highest BCUT2D eigenvalue weighted by molar-refractivity contribution is 7.99. The van der Waals surface area contributed by atoms with Crippen LogP contribution in [-0.2, 0) is 0 Å².